The lowest BCUT2D eigenvalue weighted by Crippen LogP contribution is -2.10. The average molecular weight is 227 g/mol. The van der Waals surface area contributed by atoms with E-state index in [1.807, 2.05) is 6.92 Å². The summed E-state index contributed by atoms with van der Waals surface area (Å²) in [4.78, 5) is 11.4. The van der Waals surface area contributed by atoms with Gasteiger partial charge in [0.05, 0.1) is 12.8 Å². The quantitative estimate of drug-likeness (QED) is 0.712. The van der Waals surface area contributed by atoms with Gasteiger partial charge in [-0.05, 0) is 12.8 Å². The molecule has 0 bridgehead atoms. The third-order valence-electron chi connectivity index (χ3n) is 2.23. The molecule has 6 nitrogen and oxygen atoms in total. The van der Waals surface area contributed by atoms with Crippen LogP contribution in [0.5, 0.6) is 0 Å². The van der Waals surface area contributed by atoms with Gasteiger partial charge >= 0.3 is 5.97 Å². The van der Waals surface area contributed by atoms with E-state index in [0.717, 1.165) is 18.5 Å². The second-order valence-electron chi connectivity index (χ2n) is 3.43. The molecule has 6 heteroatoms. The van der Waals surface area contributed by atoms with Gasteiger partial charge in [0.1, 0.15) is 0 Å². The first-order valence-electron chi connectivity index (χ1n) is 5.36. The fraction of sp³-hybridized carbons (Fsp3) is 0.700. The van der Waals surface area contributed by atoms with Gasteiger partial charge in [0, 0.05) is 13.2 Å². The summed E-state index contributed by atoms with van der Waals surface area (Å²) in [6.45, 7) is 2.68. The van der Waals surface area contributed by atoms with Crippen LogP contribution in [0.25, 0.3) is 0 Å². The summed E-state index contributed by atoms with van der Waals surface area (Å²) < 4.78 is 6.30. The molecular weight excluding hydrogens is 210 g/mol. The zero-order valence-electron chi connectivity index (χ0n) is 9.64. The summed E-state index contributed by atoms with van der Waals surface area (Å²) in [5.74, 6) is -0.460. The summed E-state index contributed by atoms with van der Waals surface area (Å²) in [5, 5.41) is 16.5. The first kappa shape index (κ1) is 12.6. The van der Waals surface area contributed by atoms with E-state index >= 15 is 0 Å². The third-order valence-corrected chi connectivity index (χ3v) is 2.23. The first-order valence-corrected chi connectivity index (χ1v) is 5.36. The number of nitrogens with zero attached hydrogens (tertiary/aromatic N) is 3. The predicted octanol–water partition coefficient (Wildman–Crippen LogP) is 0.400. The van der Waals surface area contributed by atoms with Crippen molar-refractivity contribution in [3.8, 4) is 0 Å². The predicted molar refractivity (Wildman–Crippen MR) is 57.1 cm³/mol. The van der Waals surface area contributed by atoms with Gasteiger partial charge in [0.25, 0.3) is 0 Å². The van der Waals surface area contributed by atoms with Crippen molar-refractivity contribution in [2.75, 3.05) is 13.7 Å². The molecule has 0 aromatic carbocycles. The van der Waals surface area contributed by atoms with Gasteiger partial charge in [-0.2, -0.15) is 0 Å². The maximum atomic E-state index is 11.4. The van der Waals surface area contributed by atoms with Crippen LogP contribution < -0.4 is 0 Å². The van der Waals surface area contributed by atoms with Crippen LogP contribution in [-0.4, -0.2) is 39.8 Å². The van der Waals surface area contributed by atoms with Crippen molar-refractivity contribution in [3.05, 3.63) is 11.4 Å². The molecule has 0 aliphatic heterocycles. The molecule has 0 saturated heterocycles. The van der Waals surface area contributed by atoms with Crippen LogP contribution in [0, 0.1) is 0 Å². The maximum absolute atomic E-state index is 11.4. The molecule has 0 unspecified atom stereocenters. The molecule has 0 amide bonds. The number of ether oxygens (including phenoxy) is 1. The SMILES string of the molecule is CCCc1c(C(=O)OC)nnn1CCCO. The largest absolute Gasteiger partial charge is 0.464 e. The molecule has 16 heavy (non-hydrogen) atoms. The van der Waals surface area contributed by atoms with Gasteiger partial charge in [-0.25, -0.2) is 9.48 Å². The van der Waals surface area contributed by atoms with Gasteiger partial charge in [-0.3, -0.25) is 0 Å². The Morgan fingerprint density at radius 2 is 2.31 bits per heavy atom. The lowest BCUT2D eigenvalue weighted by Gasteiger charge is -2.05. The minimum absolute atomic E-state index is 0.0962. The standard InChI is InChI=1S/C10H17N3O3/c1-3-5-8-9(10(15)16-2)11-12-13(8)6-4-7-14/h14H,3-7H2,1-2H3. The van der Waals surface area contributed by atoms with Crippen molar-refractivity contribution in [2.45, 2.75) is 32.7 Å². The minimum Gasteiger partial charge on any atom is -0.464 e. The van der Waals surface area contributed by atoms with Gasteiger partial charge in [-0.15, -0.1) is 5.10 Å². The topological polar surface area (TPSA) is 77.2 Å². The average Bonchev–Trinajstić information content (AvgIpc) is 2.69. The van der Waals surface area contributed by atoms with Crippen molar-refractivity contribution in [1.29, 1.82) is 0 Å². The number of aliphatic hydroxyl groups is 1. The van der Waals surface area contributed by atoms with Crippen molar-refractivity contribution in [1.82, 2.24) is 15.0 Å². The van der Waals surface area contributed by atoms with E-state index < -0.39 is 5.97 Å². The van der Waals surface area contributed by atoms with Crippen LogP contribution in [0.1, 0.15) is 35.9 Å². The Morgan fingerprint density at radius 3 is 2.88 bits per heavy atom. The summed E-state index contributed by atoms with van der Waals surface area (Å²) >= 11 is 0. The number of aliphatic hydroxyl groups excluding tert-OH is 1. The lowest BCUT2D eigenvalue weighted by molar-refractivity contribution is 0.0592. The van der Waals surface area contributed by atoms with Crippen LogP contribution in [-0.2, 0) is 17.7 Å². The van der Waals surface area contributed by atoms with Crippen molar-refractivity contribution >= 4 is 5.97 Å². The van der Waals surface area contributed by atoms with Gasteiger partial charge < -0.3 is 9.84 Å². The number of hydrogen-bond donors (Lipinski definition) is 1. The van der Waals surface area contributed by atoms with Crippen LogP contribution >= 0.6 is 0 Å². The molecule has 1 rings (SSSR count). The molecule has 1 aromatic rings. The van der Waals surface area contributed by atoms with Crippen LogP contribution in [0.3, 0.4) is 0 Å². The Bertz CT molecular complexity index is 349. The Morgan fingerprint density at radius 1 is 1.56 bits per heavy atom. The highest BCUT2D eigenvalue weighted by molar-refractivity contribution is 5.88. The Balaban J connectivity index is 2.92. The molecule has 0 atom stereocenters. The van der Waals surface area contributed by atoms with Crippen LogP contribution in [0.2, 0.25) is 0 Å². The lowest BCUT2D eigenvalue weighted by atomic mass is 10.2. The van der Waals surface area contributed by atoms with Gasteiger partial charge in [0.2, 0.25) is 0 Å². The van der Waals surface area contributed by atoms with E-state index in [0.29, 0.717) is 13.0 Å². The summed E-state index contributed by atoms with van der Waals surface area (Å²) in [6.07, 6.45) is 2.22. The minimum atomic E-state index is -0.460. The maximum Gasteiger partial charge on any atom is 0.360 e. The number of rotatable bonds is 6. The molecule has 0 radical (unpaired) electrons. The van der Waals surface area contributed by atoms with E-state index in [1.165, 1.54) is 7.11 Å². The summed E-state index contributed by atoms with van der Waals surface area (Å²) in [6, 6.07) is 0. The number of esters is 1. The molecular formula is C10H17N3O3. The number of aryl methyl sites for hydroxylation is 1. The van der Waals surface area contributed by atoms with Crippen molar-refractivity contribution in [3.63, 3.8) is 0 Å². The smallest absolute Gasteiger partial charge is 0.360 e. The number of carbonyl (C=O) groups excluding carboxylic acids is 1. The molecule has 0 spiro atoms. The van der Waals surface area contributed by atoms with E-state index in [9.17, 15) is 4.79 Å². The molecule has 0 aliphatic rings. The molecule has 0 fully saturated rings. The van der Waals surface area contributed by atoms with E-state index in [1.54, 1.807) is 4.68 Å². The van der Waals surface area contributed by atoms with Crippen LogP contribution in [0.15, 0.2) is 0 Å². The zero-order valence-corrected chi connectivity index (χ0v) is 9.64. The monoisotopic (exact) mass is 227 g/mol. The second kappa shape index (κ2) is 6.22. The number of aromatic nitrogens is 3. The summed E-state index contributed by atoms with van der Waals surface area (Å²) in [5.41, 5.74) is 1.06. The summed E-state index contributed by atoms with van der Waals surface area (Å²) in [7, 11) is 1.32. The molecule has 0 saturated carbocycles. The second-order valence-corrected chi connectivity index (χ2v) is 3.43. The fourth-order valence-electron chi connectivity index (χ4n) is 1.47. The first-order chi connectivity index (χ1) is 7.74. The normalized spacial score (nSPS) is 10.4. The van der Waals surface area contributed by atoms with E-state index in [4.69, 9.17) is 5.11 Å². The Kier molecular flexibility index (Phi) is 4.91. The highest BCUT2D eigenvalue weighted by Crippen LogP contribution is 2.10. The van der Waals surface area contributed by atoms with E-state index in [-0.39, 0.29) is 12.3 Å². The third kappa shape index (κ3) is 2.79. The Labute approximate surface area is 94.2 Å². The number of methoxy groups -OCH3 is 1. The Hall–Kier alpha value is -1.43. The van der Waals surface area contributed by atoms with E-state index in [2.05, 4.69) is 15.0 Å². The van der Waals surface area contributed by atoms with Gasteiger partial charge in [0.15, 0.2) is 5.69 Å². The van der Waals surface area contributed by atoms with Crippen molar-refractivity contribution < 1.29 is 14.6 Å². The molecule has 1 aromatic heterocycles. The van der Waals surface area contributed by atoms with Crippen LogP contribution in [0.4, 0.5) is 0 Å². The number of carbonyl (C=O) groups is 1. The highest BCUT2D eigenvalue weighted by Gasteiger charge is 2.19. The van der Waals surface area contributed by atoms with Gasteiger partial charge in [-0.1, -0.05) is 18.6 Å². The molecule has 0 aliphatic carbocycles. The zero-order chi connectivity index (χ0) is 12.0. The fourth-order valence-corrected chi connectivity index (χ4v) is 1.47. The number of hydrogen-bond acceptors (Lipinski definition) is 5. The molecule has 1 N–H and O–H groups in total. The molecule has 90 valence electrons. The van der Waals surface area contributed by atoms with Crippen molar-refractivity contribution in [2.24, 2.45) is 0 Å². The molecule has 1 heterocycles. The highest BCUT2D eigenvalue weighted by atomic mass is 16.5.